The summed E-state index contributed by atoms with van der Waals surface area (Å²) >= 11 is 0. The van der Waals surface area contributed by atoms with Gasteiger partial charge >= 0.3 is 0 Å². The summed E-state index contributed by atoms with van der Waals surface area (Å²) in [7, 11) is 1.87. The molecule has 0 saturated heterocycles. The Kier molecular flexibility index (Phi) is 2.51. The van der Waals surface area contributed by atoms with Crippen molar-refractivity contribution in [1.29, 1.82) is 0 Å². The molecular formula is C14H17N3O. The molecule has 0 bridgehead atoms. The molecule has 0 aliphatic heterocycles. The highest BCUT2D eigenvalue weighted by Gasteiger charge is 2.26. The Morgan fingerprint density at radius 1 is 1.50 bits per heavy atom. The molecule has 3 N–H and O–H groups in total. The lowest BCUT2D eigenvalue weighted by molar-refractivity contribution is 0.0790. The topological polar surface area (TPSA) is 62.1 Å². The summed E-state index contributed by atoms with van der Waals surface area (Å²) in [6.07, 6.45) is 4.27. The maximum absolute atomic E-state index is 12.4. The first-order valence-electron chi connectivity index (χ1n) is 6.27. The first kappa shape index (κ1) is 11.1. The number of nitrogens with one attached hydrogen (secondary N) is 1. The molecular weight excluding hydrogens is 226 g/mol. The number of H-pyrrole nitrogens is 1. The van der Waals surface area contributed by atoms with Crippen LogP contribution in [-0.4, -0.2) is 29.4 Å². The molecule has 18 heavy (non-hydrogen) atoms. The number of hydrogen-bond acceptors (Lipinski definition) is 2. The van der Waals surface area contributed by atoms with E-state index in [1.807, 2.05) is 30.1 Å². The maximum atomic E-state index is 12.4. The van der Waals surface area contributed by atoms with E-state index in [1.165, 1.54) is 12.8 Å². The van der Waals surface area contributed by atoms with Crippen LogP contribution in [0.4, 0.5) is 5.69 Å². The Labute approximate surface area is 106 Å². The van der Waals surface area contributed by atoms with E-state index in [9.17, 15) is 4.79 Å². The molecule has 2 aromatic rings. The zero-order chi connectivity index (χ0) is 12.7. The van der Waals surface area contributed by atoms with E-state index < -0.39 is 0 Å². The lowest BCUT2D eigenvalue weighted by atomic mass is 10.1. The van der Waals surface area contributed by atoms with E-state index in [-0.39, 0.29) is 5.91 Å². The molecule has 94 valence electrons. The number of aromatic amines is 1. The summed E-state index contributed by atoms with van der Waals surface area (Å²) in [5.74, 6) is 0.771. The fraction of sp³-hybridized carbons (Fsp3) is 0.357. The van der Waals surface area contributed by atoms with Gasteiger partial charge in [0.05, 0.1) is 5.56 Å². The highest BCUT2D eigenvalue weighted by Crippen LogP contribution is 2.30. The number of hydrogen-bond donors (Lipinski definition) is 2. The van der Waals surface area contributed by atoms with Crippen molar-refractivity contribution in [3.8, 4) is 0 Å². The lowest BCUT2D eigenvalue weighted by Crippen LogP contribution is -2.28. The van der Waals surface area contributed by atoms with E-state index in [1.54, 1.807) is 6.20 Å². The molecule has 0 radical (unpaired) electrons. The van der Waals surface area contributed by atoms with Crippen LogP contribution in [0.15, 0.2) is 24.4 Å². The van der Waals surface area contributed by atoms with Crippen molar-refractivity contribution in [1.82, 2.24) is 9.88 Å². The van der Waals surface area contributed by atoms with E-state index in [0.29, 0.717) is 17.2 Å². The van der Waals surface area contributed by atoms with Gasteiger partial charge in [0, 0.05) is 36.4 Å². The normalized spacial score (nSPS) is 14.9. The molecule has 1 amide bonds. The molecule has 1 aliphatic rings. The lowest BCUT2D eigenvalue weighted by Gasteiger charge is -2.16. The first-order chi connectivity index (χ1) is 8.65. The number of amides is 1. The predicted octanol–water partition coefficient (Wildman–Crippen LogP) is 2.23. The van der Waals surface area contributed by atoms with Crippen LogP contribution < -0.4 is 5.73 Å². The molecule has 1 saturated carbocycles. The third-order valence-electron chi connectivity index (χ3n) is 3.51. The standard InChI is InChI=1S/C14H17N3O/c1-17(8-9-2-3-9)14(18)12-7-16-13-5-4-10(15)6-11(12)13/h4-7,9,16H,2-3,8,15H2,1H3. The molecule has 1 aromatic heterocycles. The van der Waals surface area contributed by atoms with E-state index in [0.717, 1.165) is 17.4 Å². The minimum absolute atomic E-state index is 0.0683. The minimum Gasteiger partial charge on any atom is -0.399 e. The number of benzene rings is 1. The van der Waals surface area contributed by atoms with Crippen LogP contribution in [0.25, 0.3) is 10.9 Å². The molecule has 1 heterocycles. The third-order valence-corrected chi connectivity index (χ3v) is 3.51. The number of nitrogen functional groups attached to an aromatic ring is 1. The Hall–Kier alpha value is -1.97. The summed E-state index contributed by atoms with van der Waals surface area (Å²) in [6, 6.07) is 5.59. The van der Waals surface area contributed by atoms with Gasteiger partial charge in [-0.15, -0.1) is 0 Å². The minimum atomic E-state index is 0.0683. The van der Waals surface area contributed by atoms with Crippen molar-refractivity contribution in [2.24, 2.45) is 5.92 Å². The molecule has 1 aromatic carbocycles. The van der Waals surface area contributed by atoms with Crippen molar-refractivity contribution in [2.45, 2.75) is 12.8 Å². The van der Waals surface area contributed by atoms with Crippen LogP contribution in [0.3, 0.4) is 0 Å². The van der Waals surface area contributed by atoms with Gasteiger partial charge in [-0.05, 0) is 37.0 Å². The average molecular weight is 243 g/mol. The molecule has 4 nitrogen and oxygen atoms in total. The number of carbonyl (C=O) groups is 1. The molecule has 0 spiro atoms. The highest BCUT2D eigenvalue weighted by molar-refractivity contribution is 6.07. The number of aromatic nitrogens is 1. The van der Waals surface area contributed by atoms with Gasteiger partial charge in [0.1, 0.15) is 0 Å². The number of nitrogens with zero attached hydrogens (tertiary/aromatic N) is 1. The largest absolute Gasteiger partial charge is 0.399 e. The molecule has 1 aliphatic carbocycles. The number of nitrogens with two attached hydrogens (primary N) is 1. The molecule has 0 atom stereocenters. The summed E-state index contributed by atoms with van der Waals surface area (Å²) < 4.78 is 0. The SMILES string of the molecule is CN(CC1CC1)C(=O)c1c[nH]c2ccc(N)cc12. The predicted molar refractivity (Wildman–Crippen MR) is 72.4 cm³/mol. The number of carbonyl (C=O) groups excluding carboxylic acids is 1. The van der Waals surface area contributed by atoms with E-state index in [4.69, 9.17) is 5.73 Å². The quantitative estimate of drug-likeness (QED) is 0.812. The molecule has 0 unspecified atom stereocenters. The maximum Gasteiger partial charge on any atom is 0.255 e. The van der Waals surface area contributed by atoms with Crippen molar-refractivity contribution < 1.29 is 4.79 Å². The van der Waals surface area contributed by atoms with Gasteiger partial charge in [0.2, 0.25) is 0 Å². The molecule has 1 fully saturated rings. The van der Waals surface area contributed by atoms with Gasteiger partial charge < -0.3 is 15.6 Å². The van der Waals surface area contributed by atoms with Crippen molar-refractivity contribution in [3.05, 3.63) is 30.0 Å². The fourth-order valence-corrected chi connectivity index (χ4v) is 2.29. The molecule has 3 rings (SSSR count). The summed E-state index contributed by atoms with van der Waals surface area (Å²) in [4.78, 5) is 17.3. The molecule has 4 heteroatoms. The average Bonchev–Trinajstić information content (AvgIpc) is 3.06. The third kappa shape index (κ3) is 1.94. The van der Waals surface area contributed by atoms with E-state index >= 15 is 0 Å². The second-order valence-electron chi connectivity index (χ2n) is 5.14. The summed E-state index contributed by atoms with van der Waals surface area (Å²) in [5, 5.41) is 0.905. The van der Waals surface area contributed by atoms with Gasteiger partial charge in [0.15, 0.2) is 0 Å². The Morgan fingerprint density at radius 2 is 2.28 bits per heavy atom. The van der Waals surface area contributed by atoms with Gasteiger partial charge in [0.25, 0.3) is 5.91 Å². The van der Waals surface area contributed by atoms with Crippen molar-refractivity contribution >= 4 is 22.5 Å². The Balaban J connectivity index is 1.92. The Bertz CT molecular complexity index is 598. The monoisotopic (exact) mass is 243 g/mol. The zero-order valence-electron chi connectivity index (χ0n) is 10.4. The number of anilines is 1. The smallest absolute Gasteiger partial charge is 0.255 e. The summed E-state index contributed by atoms with van der Waals surface area (Å²) in [5.41, 5.74) is 8.12. The zero-order valence-corrected chi connectivity index (χ0v) is 10.4. The van der Waals surface area contributed by atoms with Gasteiger partial charge in [-0.1, -0.05) is 0 Å². The summed E-state index contributed by atoms with van der Waals surface area (Å²) in [6.45, 7) is 0.855. The van der Waals surface area contributed by atoms with Crippen LogP contribution in [0, 0.1) is 5.92 Å². The van der Waals surface area contributed by atoms with Crippen LogP contribution in [0.5, 0.6) is 0 Å². The fourth-order valence-electron chi connectivity index (χ4n) is 2.29. The van der Waals surface area contributed by atoms with Gasteiger partial charge in [-0.3, -0.25) is 4.79 Å². The Morgan fingerprint density at radius 3 is 3.00 bits per heavy atom. The van der Waals surface area contributed by atoms with Crippen LogP contribution in [0.1, 0.15) is 23.2 Å². The van der Waals surface area contributed by atoms with Crippen LogP contribution in [-0.2, 0) is 0 Å². The second-order valence-corrected chi connectivity index (χ2v) is 5.14. The van der Waals surface area contributed by atoms with Crippen molar-refractivity contribution in [3.63, 3.8) is 0 Å². The van der Waals surface area contributed by atoms with Crippen molar-refractivity contribution in [2.75, 3.05) is 19.3 Å². The van der Waals surface area contributed by atoms with Gasteiger partial charge in [-0.2, -0.15) is 0 Å². The van der Waals surface area contributed by atoms with Gasteiger partial charge in [-0.25, -0.2) is 0 Å². The number of rotatable bonds is 3. The second kappa shape index (κ2) is 4.05. The van der Waals surface area contributed by atoms with E-state index in [2.05, 4.69) is 4.98 Å². The number of fused-ring (bicyclic) bond motifs is 1. The van der Waals surface area contributed by atoms with Crippen LogP contribution in [0.2, 0.25) is 0 Å². The highest BCUT2D eigenvalue weighted by atomic mass is 16.2. The van der Waals surface area contributed by atoms with Crippen LogP contribution >= 0.6 is 0 Å². The first-order valence-corrected chi connectivity index (χ1v) is 6.27.